The van der Waals surface area contributed by atoms with Gasteiger partial charge in [0.25, 0.3) is 11.6 Å². The molecule has 0 saturated carbocycles. The van der Waals surface area contributed by atoms with E-state index in [4.69, 9.17) is 14.2 Å². The lowest BCUT2D eigenvalue weighted by Crippen LogP contribution is -2.30. The molecule has 2 rings (SSSR count). The molecule has 8 heteroatoms. The first-order valence-electron chi connectivity index (χ1n) is 7.38. The first-order chi connectivity index (χ1) is 11.9. The van der Waals surface area contributed by atoms with Crippen molar-refractivity contribution in [1.82, 2.24) is 0 Å². The summed E-state index contributed by atoms with van der Waals surface area (Å²) in [6.45, 7) is 1.57. The van der Waals surface area contributed by atoms with Crippen molar-refractivity contribution < 1.29 is 23.9 Å². The van der Waals surface area contributed by atoms with Crippen molar-refractivity contribution in [3.05, 3.63) is 52.6 Å². The van der Waals surface area contributed by atoms with Crippen LogP contribution < -0.4 is 19.5 Å². The van der Waals surface area contributed by atoms with Gasteiger partial charge in [-0.2, -0.15) is 0 Å². The molecule has 2 aromatic carbocycles. The van der Waals surface area contributed by atoms with Crippen molar-refractivity contribution in [1.29, 1.82) is 0 Å². The Labute approximate surface area is 144 Å². The number of ether oxygens (including phenoxy) is 3. The van der Waals surface area contributed by atoms with Crippen molar-refractivity contribution in [2.45, 2.75) is 13.0 Å². The van der Waals surface area contributed by atoms with Gasteiger partial charge in [-0.05, 0) is 37.3 Å². The lowest BCUT2D eigenvalue weighted by atomic mass is 10.2. The average molecular weight is 346 g/mol. The van der Waals surface area contributed by atoms with Crippen LogP contribution in [0.25, 0.3) is 0 Å². The van der Waals surface area contributed by atoms with E-state index in [0.29, 0.717) is 17.2 Å². The highest BCUT2D eigenvalue weighted by molar-refractivity contribution is 5.95. The fourth-order valence-electron chi connectivity index (χ4n) is 2.05. The predicted molar refractivity (Wildman–Crippen MR) is 91.4 cm³/mol. The van der Waals surface area contributed by atoms with E-state index >= 15 is 0 Å². The monoisotopic (exact) mass is 346 g/mol. The highest BCUT2D eigenvalue weighted by atomic mass is 16.6. The quantitative estimate of drug-likeness (QED) is 0.611. The topological polar surface area (TPSA) is 99.9 Å². The first kappa shape index (κ1) is 18.1. The van der Waals surface area contributed by atoms with Crippen LogP contribution in [-0.4, -0.2) is 31.2 Å². The van der Waals surface area contributed by atoms with Crippen LogP contribution in [0.1, 0.15) is 6.92 Å². The molecule has 0 saturated heterocycles. The Morgan fingerprint density at radius 2 is 1.72 bits per heavy atom. The number of rotatable bonds is 7. The largest absolute Gasteiger partial charge is 0.497 e. The number of nitro groups is 1. The third-order valence-electron chi connectivity index (χ3n) is 3.39. The molecule has 1 amide bonds. The number of non-ortho nitro benzene ring substituents is 1. The number of anilines is 1. The molecular formula is C17H18N2O6. The van der Waals surface area contributed by atoms with Crippen molar-refractivity contribution in [2.24, 2.45) is 0 Å². The van der Waals surface area contributed by atoms with E-state index in [1.54, 1.807) is 38.3 Å². The van der Waals surface area contributed by atoms with Crippen LogP contribution in [0, 0.1) is 10.1 Å². The zero-order valence-corrected chi connectivity index (χ0v) is 14.0. The van der Waals surface area contributed by atoms with E-state index in [-0.39, 0.29) is 11.4 Å². The molecule has 8 nitrogen and oxygen atoms in total. The molecule has 0 bridgehead atoms. The summed E-state index contributed by atoms with van der Waals surface area (Å²) in [4.78, 5) is 22.6. The number of nitrogens with zero attached hydrogens (tertiary/aromatic N) is 1. The summed E-state index contributed by atoms with van der Waals surface area (Å²) in [5.41, 5.74) is 0.0479. The second kappa shape index (κ2) is 8.00. The normalized spacial score (nSPS) is 11.3. The molecule has 0 radical (unpaired) electrons. The summed E-state index contributed by atoms with van der Waals surface area (Å²) in [5.74, 6) is 1.02. The smallest absolute Gasteiger partial charge is 0.271 e. The molecule has 0 spiro atoms. The number of hydrogen-bond acceptors (Lipinski definition) is 6. The maximum atomic E-state index is 12.3. The minimum atomic E-state index is -0.822. The van der Waals surface area contributed by atoms with Gasteiger partial charge < -0.3 is 19.5 Å². The maximum absolute atomic E-state index is 12.3. The molecule has 0 heterocycles. The van der Waals surface area contributed by atoms with E-state index in [1.165, 1.54) is 25.3 Å². The number of nitro benzene ring substituents is 1. The molecule has 0 aliphatic heterocycles. The molecule has 1 N–H and O–H groups in total. The number of benzene rings is 2. The van der Waals surface area contributed by atoms with Crippen molar-refractivity contribution in [3.63, 3.8) is 0 Å². The predicted octanol–water partition coefficient (Wildman–Crippen LogP) is 3.02. The van der Waals surface area contributed by atoms with Crippen LogP contribution in [0.3, 0.4) is 0 Å². The van der Waals surface area contributed by atoms with E-state index in [2.05, 4.69) is 5.32 Å². The molecular weight excluding hydrogens is 328 g/mol. The van der Waals surface area contributed by atoms with Gasteiger partial charge in [0.1, 0.15) is 17.2 Å². The standard InChI is InChI=1S/C17H18N2O6/c1-11(25-14-7-5-13(23-2)6-8-14)17(20)18-15-10-12(19(21)22)4-9-16(15)24-3/h4-11H,1-3H3,(H,18,20)/t11-/m0/s1. The minimum absolute atomic E-state index is 0.153. The lowest BCUT2D eigenvalue weighted by molar-refractivity contribution is -0.384. The highest BCUT2D eigenvalue weighted by Gasteiger charge is 2.19. The van der Waals surface area contributed by atoms with Gasteiger partial charge in [-0.25, -0.2) is 0 Å². The second-order valence-corrected chi connectivity index (χ2v) is 5.07. The minimum Gasteiger partial charge on any atom is -0.497 e. The fraction of sp³-hybridized carbons (Fsp3) is 0.235. The van der Waals surface area contributed by atoms with Crippen LogP contribution in [0.2, 0.25) is 0 Å². The Hall–Kier alpha value is -3.29. The number of carbonyl (C=O) groups is 1. The Balaban J connectivity index is 2.09. The van der Waals surface area contributed by atoms with Crippen molar-refractivity contribution >= 4 is 17.3 Å². The molecule has 0 aliphatic carbocycles. The number of amides is 1. The summed E-state index contributed by atoms with van der Waals surface area (Å²) in [6.07, 6.45) is -0.822. The zero-order chi connectivity index (χ0) is 18.4. The number of hydrogen-bond donors (Lipinski definition) is 1. The van der Waals surface area contributed by atoms with E-state index < -0.39 is 16.9 Å². The summed E-state index contributed by atoms with van der Waals surface area (Å²) < 4.78 is 15.7. The molecule has 0 aliphatic rings. The van der Waals surface area contributed by atoms with Gasteiger partial charge in [-0.1, -0.05) is 0 Å². The third kappa shape index (κ3) is 4.60. The third-order valence-corrected chi connectivity index (χ3v) is 3.39. The second-order valence-electron chi connectivity index (χ2n) is 5.07. The van der Waals surface area contributed by atoms with E-state index in [0.717, 1.165) is 0 Å². The summed E-state index contributed by atoms with van der Waals surface area (Å²) in [5, 5.41) is 13.5. The van der Waals surface area contributed by atoms with E-state index in [1.807, 2.05) is 0 Å². The molecule has 2 aromatic rings. The van der Waals surface area contributed by atoms with Crippen molar-refractivity contribution in [3.8, 4) is 17.2 Å². The number of nitrogens with one attached hydrogen (secondary N) is 1. The molecule has 0 aromatic heterocycles. The Kier molecular flexibility index (Phi) is 5.78. The zero-order valence-electron chi connectivity index (χ0n) is 14.0. The Morgan fingerprint density at radius 3 is 2.28 bits per heavy atom. The van der Waals surface area contributed by atoms with Gasteiger partial charge in [0.05, 0.1) is 24.8 Å². The Morgan fingerprint density at radius 1 is 1.08 bits per heavy atom. The van der Waals surface area contributed by atoms with Crippen LogP contribution in [0.4, 0.5) is 11.4 Å². The average Bonchev–Trinajstić information content (AvgIpc) is 2.62. The molecule has 132 valence electrons. The van der Waals surface area contributed by atoms with Gasteiger partial charge in [0.15, 0.2) is 6.10 Å². The number of carbonyl (C=O) groups excluding carboxylic acids is 1. The van der Waals surface area contributed by atoms with Gasteiger partial charge in [-0.15, -0.1) is 0 Å². The molecule has 0 unspecified atom stereocenters. The highest BCUT2D eigenvalue weighted by Crippen LogP contribution is 2.29. The molecule has 1 atom stereocenters. The van der Waals surface area contributed by atoms with Crippen LogP contribution in [0.5, 0.6) is 17.2 Å². The lowest BCUT2D eigenvalue weighted by Gasteiger charge is -2.16. The Bertz CT molecular complexity index is 760. The first-order valence-corrected chi connectivity index (χ1v) is 7.38. The van der Waals surface area contributed by atoms with Gasteiger partial charge in [0, 0.05) is 12.1 Å². The van der Waals surface area contributed by atoms with Crippen molar-refractivity contribution in [2.75, 3.05) is 19.5 Å². The SMILES string of the molecule is COc1ccc(O[C@@H](C)C(=O)Nc2cc([N+](=O)[O-])ccc2OC)cc1. The molecule has 0 fully saturated rings. The summed E-state index contributed by atoms with van der Waals surface area (Å²) in [7, 11) is 2.96. The van der Waals surface area contributed by atoms with Gasteiger partial charge >= 0.3 is 0 Å². The number of methoxy groups -OCH3 is 2. The van der Waals surface area contributed by atoms with Gasteiger partial charge in [-0.3, -0.25) is 14.9 Å². The van der Waals surface area contributed by atoms with Crippen LogP contribution in [0.15, 0.2) is 42.5 Å². The van der Waals surface area contributed by atoms with Crippen LogP contribution >= 0.6 is 0 Å². The summed E-state index contributed by atoms with van der Waals surface area (Å²) in [6, 6.07) is 10.7. The summed E-state index contributed by atoms with van der Waals surface area (Å²) >= 11 is 0. The maximum Gasteiger partial charge on any atom is 0.271 e. The van der Waals surface area contributed by atoms with E-state index in [9.17, 15) is 14.9 Å². The fourth-order valence-corrected chi connectivity index (χ4v) is 2.05. The molecule has 25 heavy (non-hydrogen) atoms. The van der Waals surface area contributed by atoms with Crippen LogP contribution in [-0.2, 0) is 4.79 Å². The van der Waals surface area contributed by atoms with Gasteiger partial charge in [0.2, 0.25) is 0 Å².